The Bertz CT molecular complexity index is 1380. The van der Waals surface area contributed by atoms with Gasteiger partial charge in [0.25, 0.3) is 5.91 Å². The smallest absolute Gasteiger partial charge is 0.332 e. The van der Waals surface area contributed by atoms with Gasteiger partial charge in [0.2, 0.25) is 5.91 Å². The van der Waals surface area contributed by atoms with Crippen LogP contribution in [0, 0.1) is 0 Å². The van der Waals surface area contributed by atoms with Gasteiger partial charge >= 0.3 is 6.03 Å². The maximum Gasteiger partial charge on any atom is 0.332 e. The fraction of sp³-hybridized carbons (Fsp3) is 0.286. The normalized spacial score (nSPS) is 13.5. The number of nitrogens with zero attached hydrogens (tertiary/aromatic N) is 7. The first-order chi connectivity index (χ1) is 17.5. The fourth-order valence-electron chi connectivity index (χ4n) is 3.86. The van der Waals surface area contributed by atoms with Gasteiger partial charge in [0, 0.05) is 33.1 Å². The molecule has 2 N–H and O–H groups in total. The molecule has 1 saturated heterocycles. The summed E-state index contributed by atoms with van der Waals surface area (Å²) < 4.78 is 7.27. The lowest BCUT2D eigenvalue weighted by Gasteiger charge is -2.22. The highest BCUT2D eigenvalue weighted by Gasteiger charge is 2.34. The van der Waals surface area contributed by atoms with Crippen LogP contribution in [0.2, 0.25) is 0 Å². The molecule has 1 aliphatic heterocycles. The summed E-state index contributed by atoms with van der Waals surface area (Å²) in [6, 6.07) is 6.45. The number of nitrogens with one attached hydrogen (secondary N) is 2. The molecule has 1 fully saturated rings. The van der Waals surface area contributed by atoms with Gasteiger partial charge in [-0.15, -0.1) is 10.2 Å². The van der Waals surface area contributed by atoms with Crippen LogP contribution < -0.4 is 20.3 Å². The van der Waals surface area contributed by atoms with E-state index in [1.807, 2.05) is 29.6 Å². The molecule has 1 aromatic carbocycles. The van der Waals surface area contributed by atoms with E-state index in [0.717, 1.165) is 4.90 Å². The van der Waals surface area contributed by atoms with Crippen LogP contribution in [0.4, 0.5) is 22.0 Å². The number of amides is 4. The van der Waals surface area contributed by atoms with E-state index in [0.29, 0.717) is 28.5 Å². The highest BCUT2D eigenvalue weighted by atomic mass is 16.5. The van der Waals surface area contributed by atoms with E-state index >= 15 is 0 Å². The van der Waals surface area contributed by atoms with E-state index in [4.69, 9.17) is 4.74 Å². The molecule has 16 heteroatoms. The van der Waals surface area contributed by atoms with Crippen molar-refractivity contribution in [2.45, 2.75) is 12.2 Å². The zero-order chi connectivity index (χ0) is 26.9. The fourth-order valence-corrected chi connectivity index (χ4v) is 3.86. The van der Waals surface area contributed by atoms with Gasteiger partial charge in [0.1, 0.15) is 29.9 Å². The molecule has 0 bridgehead atoms. The van der Waals surface area contributed by atoms with Gasteiger partial charge in [-0.2, -0.15) is 5.10 Å². The summed E-state index contributed by atoms with van der Waals surface area (Å²) in [5, 5.41) is 18.2. The number of hydrogen-bond acceptors (Lipinski definition) is 9. The first-order valence-corrected chi connectivity index (χ1v) is 11.6. The Morgan fingerprint density at radius 3 is 2.49 bits per heavy atom. The molecule has 37 heavy (non-hydrogen) atoms. The average Bonchev–Trinajstić information content (AvgIpc) is 3.43. The number of para-hydroxylation sites is 1. The van der Waals surface area contributed by atoms with E-state index in [1.165, 1.54) is 18.9 Å². The number of aromatic nitrogens is 5. The van der Waals surface area contributed by atoms with E-state index in [2.05, 4.69) is 30.9 Å². The third-order valence-electron chi connectivity index (χ3n) is 5.48. The molecule has 0 spiro atoms. The Hall–Kier alpha value is -4.36. The van der Waals surface area contributed by atoms with Gasteiger partial charge < -0.3 is 15.4 Å². The molecular weight excluding hydrogens is 475 g/mol. The number of carbonyl (C=O) groups excluding carboxylic acids is 3. The van der Waals surface area contributed by atoms with Crippen LogP contribution >= 0.6 is 0 Å². The van der Waals surface area contributed by atoms with E-state index in [-0.39, 0.29) is 30.5 Å². The summed E-state index contributed by atoms with van der Waals surface area (Å²) in [4.78, 5) is 44.4. The minimum atomic E-state index is -0.524. The Morgan fingerprint density at radius 2 is 1.89 bits per heavy atom. The average molecular weight is 501 g/mol. The summed E-state index contributed by atoms with van der Waals surface area (Å²) in [6.45, 7) is 1.82. The lowest BCUT2D eigenvalue weighted by atomic mass is 9.49. The summed E-state index contributed by atoms with van der Waals surface area (Å²) in [5.74, 6) is 0.312. The summed E-state index contributed by atoms with van der Waals surface area (Å²) in [5.41, 5.74) is 1.49. The number of anilines is 3. The maximum atomic E-state index is 13.1. The minimum absolute atomic E-state index is 0.0252. The van der Waals surface area contributed by atoms with Gasteiger partial charge in [0.15, 0.2) is 23.1 Å². The first kappa shape index (κ1) is 25.7. The molecule has 0 saturated carbocycles. The molecule has 0 aliphatic carbocycles. The first-order valence-electron chi connectivity index (χ1n) is 11.6. The number of aryl methyl sites for hydroxylation is 1. The second-order valence-corrected chi connectivity index (χ2v) is 9.53. The van der Waals surface area contributed by atoms with Crippen LogP contribution in [-0.2, 0) is 11.8 Å². The van der Waals surface area contributed by atoms with Crippen LogP contribution in [0.15, 0.2) is 30.6 Å². The minimum Gasteiger partial charge on any atom is -0.494 e. The zero-order valence-corrected chi connectivity index (χ0v) is 21.6. The number of ether oxygens (including phenoxy) is 1. The predicted molar refractivity (Wildman–Crippen MR) is 144 cm³/mol. The lowest BCUT2D eigenvalue weighted by Crippen LogP contribution is -2.50. The van der Waals surface area contributed by atoms with Crippen LogP contribution in [0.5, 0.6) is 5.75 Å². The SMILES string of the molecule is BC(B)(B)NC(=O)c1nnc(N2CCN(C(C)=O)C2=O)cc1Nc1cccc(-c2ncn(C)n2)c1OC. The Kier molecular flexibility index (Phi) is 6.92. The topological polar surface area (TPSA) is 147 Å². The Morgan fingerprint density at radius 1 is 1.14 bits per heavy atom. The highest BCUT2D eigenvalue weighted by Crippen LogP contribution is 2.37. The summed E-state index contributed by atoms with van der Waals surface area (Å²) in [7, 11) is 8.85. The number of imide groups is 1. The van der Waals surface area contributed by atoms with Crippen LogP contribution in [0.25, 0.3) is 11.4 Å². The number of benzene rings is 1. The second-order valence-electron chi connectivity index (χ2n) is 9.53. The molecule has 3 aromatic rings. The lowest BCUT2D eigenvalue weighted by molar-refractivity contribution is -0.125. The van der Waals surface area contributed by atoms with Crippen molar-refractivity contribution >= 4 is 58.6 Å². The van der Waals surface area contributed by atoms with Gasteiger partial charge in [-0.05, 0) is 17.4 Å². The molecular formula is C21H26B3N9O4. The summed E-state index contributed by atoms with van der Waals surface area (Å²) >= 11 is 0. The Balaban J connectivity index is 1.77. The van der Waals surface area contributed by atoms with Crippen molar-refractivity contribution in [3.05, 3.63) is 36.3 Å². The molecule has 4 rings (SSSR count). The van der Waals surface area contributed by atoms with Crippen molar-refractivity contribution in [1.82, 2.24) is 35.2 Å². The zero-order valence-electron chi connectivity index (χ0n) is 21.6. The third-order valence-corrected chi connectivity index (χ3v) is 5.48. The predicted octanol–water partition coefficient (Wildman–Crippen LogP) is -1.95. The number of urea groups is 1. The van der Waals surface area contributed by atoms with E-state index < -0.39 is 17.2 Å². The van der Waals surface area contributed by atoms with Crippen LogP contribution in [0.3, 0.4) is 0 Å². The van der Waals surface area contributed by atoms with Gasteiger partial charge in [-0.1, -0.05) is 6.07 Å². The van der Waals surface area contributed by atoms with Crippen LogP contribution in [0.1, 0.15) is 17.4 Å². The highest BCUT2D eigenvalue weighted by molar-refractivity contribution is 6.60. The molecule has 188 valence electrons. The van der Waals surface area contributed by atoms with Crippen LogP contribution in [-0.4, -0.2) is 96.7 Å². The third kappa shape index (κ3) is 5.42. The number of hydrogen-bond donors (Lipinski definition) is 2. The monoisotopic (exact) mass is 501 g/mol. The molecule has 3 heterocycles. The van der Waals surface area contributed by atoms with Gasteiger partial charge in [0.05, 0.1) is 24.0 Å². The molecule has 2 aromatic heterocycles. The standard InChI is InChI=1S/C21H26B3N9O4/c1-11(34)32-7-8-33(20(32)36)15-9-14(16(29-28-15)19(35)27-21(22,23)24)26-13-6-4-5-12(17(13)37-3)18-25-10-31(2)30-18/h4-6,9-10H,7-8,22-24H2,1-3H3,(H,26,28)(H,27,35). The molecule has 1 aliphatic rings. The molecule has 4 amide bonds. The molecule has 0 atom stereocenters. The van der Waals surface area contributed by atoms with Crippen molar-refractivity contribution < 1.29 is 19.1 Å². The van der Waals surface area contributed by atoms with Gasteiger partial charge in [-0.25, -0.2) is 9.78 Å². The molecule has 0 unspecified atom stereocenters. The maximum absolute atomic E-state index is 13.1. The van der Waals surface area contributed by atoms with Gasteiger partial charge in [-0.3, -0.25) is 24.1 Å². The van der Waals surface area contributed by atoms with Crippen molar-refractivity contribution in [1.29, 1.82) is 0 Å². The Labute approximate surface area is 216 Å². The van der Waals surface area contributed by atoms with E-state index in [9.17, 15) is 14.4 Å². The second kappa shape index (κ2) is 9.95. The number of methoxy groups -OCH3 is 1. The van der Waals surface area contributed by atoms with E-state index in [1.54, 1.807) is 36.3 Å². The molecule has 13 nitrogen and oxygen atoms in total. The van der Waals surface area contributed by atoms with Crippen molar-refractivity contribution in [3.63, 3.8) is 0 Å². The van der Waals surface area contributed by atoms with Crippen molar-refractivity contribution in [2.75, 3.05) is 30.4 Å². The molecule has 0 radical (unpaired) electrons. The quantitative estimate of drug-likeness (QED) is 0.353. The number of rotatable bonds is 7. The van der Waals surface area contributed by atoms with Crippen molar-refractivity contribution in [3.8, 4) is 17.1 Å². The number of carbonyl (C=O) groups is 3. The van der Waals surface area contributed by atoms with Crippen molar-refractivity contribution in [2.24, 2.45) is 7.05 Å². The summed E-state index contributed by atoms with van der Waals surface area (Å²) in [6.07, 6.45) is 1.58. The largest absolute Gasteiger partial charge is 0.494 e.